The molecule has 0 aromatic heterocycles. The maximum absolute atomic E-state index is 12.5. The summed E-state index contributed by atoms with van der Waals surface area (Å²) < 4.78 is 5.57. The van der Waals surface area contributed by atoms with Crippen molar-refractivity contribution < 1.29 is 9.53 Å². The molecule has 1 N–H and O–H groups in total. The van der Waals surface area contributed by atoms with Crippen LogP contribution in [0.2, 0.25) is 5.02 Å². The van der Waals surface area contributed by atoms with E-state index < -0.39 is 0 Å². The fourth-order valence-corrected chi connectivity index (χ4v) is 2.58. The highest BCUT2D eigenvalue weighted by Gasteiger charge is 2.27. The summed E-state index contributed by atoms with van der Waals surface area (Å²) in [4.78, 5) is 12.5. The highest BCUT2D eigenvalue weighted by molar-refractivity contribution is 6.33. The molecule has 0 saturated carbocycles. The van der Waals surface area contributed by atoms with Gasteiger partial charge in [0.15, 0.2) is 0 Å². The van der Waals surface area contributed by atoms with Crippen LogP contribution in [0.3, 0.4) is 0 Å². The Morgan fingerprint density at radius 1 is 1.15 bits per heavy atom. The van der Waals surface area contributed by atoms with Crippen LogP contribution in [0.5, 0.6) is 5.75 Å². The summed E-state index contributed by atoms with van der Waals surface area (Å²) in [7, 11) is 0. The van der Waals surface area contributed by atoms with Gasteiger partial charge in [-0.3, -0.25) is 4.79 Å². The molecule has 102 valence electrons. The quantitative estimate of drug-likeness (QED) is 0.911. The largest absolute Gasteiger partial charge is 0.493 e. The first-order chi connectivity index (χ1) is 9.75. The maximum atomic E-state index is 12.5. The molecular weight excluding hydrogens is 274 g/mol. The molecule has 0 fully saturated rings. The minimum absolute atomic E-state index is 0.0474. The van der Waals surface area contributed by atoms with Crippen molar-refractivity contribution in [2.24, 2.45) is 0 Å². The van der Waals surface area contributed by atoms with Crippen LogP contribution >= 0.6 is 11.6 Å². The molecule has 1 amide bonds. The number of rotatable bonds is 2. The number of anilines is 1. The van der Waals surface area contributed by atoms with Gasteiger partial charge in [0.1, 0.15) is 5.75 Å². The fourth-order valence-electron chi connectivity index (χ4n) is 2.40. The number of nitrogens with one attached hydrogen (secondary N) is 1. The van der Waals surface area contributed by atoms with Crippen LogP contribution in [-0.2, 0) is 4.79 Å². The fraction of sp³-hybridized carbons (Fsp3) is 0.188. The van der Waals surface area contributed by atoms with E-state index in [9.17, 15) is 4.79 Å². The zero-order valence-corrected chi connectivity index (χ0v) is 11.6. The third-order valence-electron chi connectivity index (χ3n) is 3.41. The first-order valence-electron chi connectivity index (χ1n) is 6.53. The number of hydrogen-bond acceptors (Lipinski definition) is 2. The van der Waals surface area contributed by atoms with Crippen LogP contribution in [0.4, 0.5) is 5.69 Å². The highest BCUT2D eigenvalue weighted by atomic mass is 35.5. The summed E-state index contributed by atoms with van der Waals surface area (Å²) in [5.41, 5.74) is 1.58. The lowest BCUT2D eigenvalue weighted by Crippen LogP contribution is -2.26. The molecule has 0 saturated heterocycles. The molecule has 4 heteroatoms. The van der Waals surface area contributed by atoms with E-state index in [2.05, 4.69) is 5.32 Å². The Morgan fingerprint density at radius 3 is 2.75 bits per heavy atom. The monoisotopic (exact) mass is 287 g/mol. The second kappa shape index (κ2) is 5.55. The number of halogens is 1. The van der Waals surface area contributed by atoms with E-state index in [0.29, 0.717) is 23.7 Å². The lowest BCUT2D eigenvalue weighted by Gasteiger charge is -2.25. The van der Waals surface area contributed by atoms with Crippen molar-refractivity contribution >= 4 is 23.2 Å². The zero-order chi connectivity index (χ0) is 13.9. The van der Waals surface area contributed by atoms with Crippen molar-refractivity contribution in [1.29, 1.82) is 0 Å². The molecular formula is C16H14ClNO2. The van der Waals surface area contributed by atoms with Crippen molar-refractivity contribution in [2.45, 2.75) is 12.3 Å². The van der Waals surface area contributed by atoms with E-state index in [1.165, 1.54) is 0 Å². The van der Waals surface area contributed by atoms with Crippen LogP contribution in [0.15, 0.2) is 48.5 Å². The third kappa shape index (κ3) is 2.49. The molecule has 0 aliphatic carbocycles. The Balaban J connectivity index is 1.84. The summed E-state index contributed by atoms with van der Waals surface area (Å²) in [6, 6.07) is 14.9. The Morgan fingerprint density at radius 2 is 1.90 bits per heavy atom. The Hall–Kier alpha value is -2.00. The topological polar surface area (TPSA) is 38.3 Å². The van der Waals surface area contributed by atoms with E-state index in [0.717, 1.165) is 11.3 Å². The number of amides is 1. The Labute approximate surface area is 122 Å². The number of carbonyl (C=O) groups excluding carboxylic acids is 1. The van der Waals surface area contributed by atoms with Gasteiger partial charge in [0, 0.05) is 5.56 Å². The lowest BCUT2D eigenvalue weighted by atomic mass is 9.92. The van der Waals surface area contributed by atoms with E-state index in [-0.39, 0.29) is 11.8 Å². The van der Waals surface area contributed by atoms with Crippen molar-refractivity contribution in [3.63, 3.8) is 0 Å². The molecule has 0 radical (unpaired) electrons. The number of hydrogen-bond donors (Lipinski definition) is 1. The molecule has 3 rings (SSSR count). The van der Waals surface area contributed by atoms with Crippen LogP contribution < -0.4 is 10.1 Å². The van der Waals surface area contributed by atoms with Gasteiger partial charge < -0.3 is 10.1 Å². The van der Waals surface area contributed by atoms with E-state index >= 15 is 0 Å². The van der Waals surface area contributed by atoms with Crippen molar-refractivity contribution in [1.82, 2.24) is 0 Å². The number of ether oxygens (including phenoxy) is 1. The standard InChI is InChI=1S/C16H14ClNO2/c17-13-6-2-3-7-14(13)18-16(19)12-9-10-20-15-8-4-1-5-11(12)15/h1-8,12H,9-10H2,(H,18,19). The van der Waals surface area contributed by atoms with Gasteiger partial charge in [0.2, 0.25) is 5.91 Å². The van der Waals surface area contributed by atoms with Gasteiger partial charge in [0.05, 0.1) is 23.2 Å². The van der Waals surface area contributed by atoms with Crippen LogP contribution in [0.25, 0.3) is 0 Å². The predicted octanol–water partition coefficient (Wildman–Crippen LogP) is 3.84. The average Bonchev–Trinajstić information content (AvgIpc) is 2.49. The molecule has 0 bridgehead atoms. The summed E-state index contributed by atoms with van der Waals surface area (Å²) in [5.74, 6) is 0.545. The van der Waals surface area contributed by atoms with E-state index in [1.54, 1.807) is 12.1 Å². The summed E-state index contributed by atoms with van der Waals surface area (Å²) in [6.07, 6.45) is 0.674. The van der Waals surface area contributed by atoms with Gasteiger partial charge in [0.25, 0.3) is 0 Å². The van der Waals surface area contributed by atoms with Crippen LogP contribution in [-0.4, -0.2) is 12.5 Å². The van der Waals surface area contributed by atoms with Gasteiger partial charge in [-0.15, -0.1) is 0 Å². The SMILES string of the molecule is O=C(Nc1ccccc1Cl)C1CCOc2ccccc21. The normalized spacial score (nSPS) is 16.9. The van der Waals surface area contributed by atoms with Gasteiger partial charge in [-0.2, -0.15) is 0 Å². The summed E-state index contributed by atoms with van der Waals surface area (Å²) in [6.45, 7) is 0.553. The molecule has 1 aliphatic heterocycles. The van der Waals surface area contributed by atoms with Crippen LogP contribution in [0.1, 0.15) is 17.9 Å². The van der Waals surface area contributed by atoms with Gasteiger partial charge in [-0.05, 0) is 24.6 Å². The molecule has 1 unspecified atom stereocenters. The second-order valence-electron chi connectivity index (χ2n) is 4.70. The van der Waals surface area contributed by atoms with Crippen LogP contribution in [0, 0.1) is 0 Å². The molecule has 20 heavy (non-hydrogen) atoms. The minimum Gasteiger partial charge on any atom is -0.493 e. The van der Waals surface area contributed by atoms with Crippen molar-refractivity contribution in [3.8, 4) is 5.75 Å². The number of fused-ring (bicyclic) bond motifs is 1. The smallest absolute Gasteiger partial charge is 0.232 e. The van der Waals surface area contributed by atoms with Gasteiger partial charge in [-0.25, -0.2) is 0 Å². The molecule has 1 heterocycles. The zero-order valence-electron chi connectivity index (χ0n) is 10.8. The predicted molar refractivity (Wildman–Crippen MR) is 79.4 cm³/mol. The number of benzene rings is 2. The maximum Gasteiger partial charge on any atom is 0.232 e. The van der Waals surface area contributed by atoms with Gasteiger partial charge in [-0.1, -0.05) is 41.9 Å². The lowest BCUT2D eigenvalue weighted by molar-refractivity contribution is -0.118. The second-order valence-corrected chi connectivity index (χ2v) is 5.10. The number of carbonyl (C=O) groups is 1. The molecule has 3 nitrogen and oxygen atoms in total. The molecule has 0 spiro atoms. The molecule has 2 aromatic carbocycles. The van der Waals surface area contributed by atoms with Gasteiger partial charge >= 0.3 is 0 Å². The van der Waals surface area contributed by atoms with E-state index in [1.807, 2.05) is 36.4 Å². The highest BCUT2D eigenvalue weighted by Crippen LogP contribution is 2.34. The van der Waals surface area contributed by atoms with Crippen molar-refractivity contribution in [3.05, 3.63) is 59.1 Å². The average molecular weight is 288 g/mol. The van der Waals surface area contributed by atoms with Crippen molar-refractivity contribution in [2.75, 3.05) is 11.9 Å². The summed E-state index contributed by atoms with van der Waals surface area (Å²) in [5, 5.41) is 3.44. The minimum atomic E-state index is -0.198. The molecule has 1 atom stereocenters. The van der Waals surface area contributed by atoms with E-state index in [4.69, 9.17) is 16.3 Å². The molecule has 1 aliphatic rings. The number of para-hydroxylation sites is 2. The first kappa shape index (κ1) is 13.0. The third-order valence-corrected chi connectivity index (χ3v) is 3.74. The Bertz CT molecular complexity index is 642. The summed E-state index contributed by atoms with van der Waals surface area (Å²) >= 11 is 6.07. The molecule has 2 aromatic rings. The Kier molecular flexibility index (Phi) is 3.61. The first-order valence-corrected chi connectivity index (χ1v) is 6.90.